The first kappa shape index (κ1) is 15.8. The van der Waals surface area contributed by atoms with Crippen LogP contribution in [0, 0.1) is 0 Å². The zero-order valence-electron chi connectivity index (χ0n) is 13.3. The van der Waals surface area contributed by atoms with E-state index in [1.807, 2.05) is 37.3 Å². The molecule has 0 atom stereocenters. The number of fused-ring (bicyclic) bond motifs is 1. The highest BCUT2D eigenvalue weighted by atomic mass is 32.2. The smallest absolute Gasteiger partial charge is 0.239 e. The number of thioether (sulfide) groups is 1. The first-order valence-electron chi connectivity index (χ1n) is 7.73. The van der Waals surface area contributed by atoms with Crippen molar-refractivity contribution in [3.05, 3.63) is 36.1 Å². The van der Waals surface area contributed by atoms with Crippen LogP contribution in [0.2, 0.25) is 0 Å². The molecule has 1 aliphatic heterocycles. The van der Waals surface area contributed by atoms with Gasteiger partial charge in [-0.1, -0.05) is 43.3 Å². The molecule has 0 spiro atoms. The largest absolute Gasteiger partial charge is 0.455 e. The van der Waals surface area contributed by atoms with Crippen LogP contribution in [0.25, 0.3) is 11.0 Å². The van der Waals surface area contributed by atoms with Crippen molar-refractivity contribution in [2.24, 2.45) is 10.2 Å². The predicted octanol–water partition coefficient (Wildman–Crippen LogP) is 3.89. The average molecular weight is 329 g/mol. The van der Waals surface area contributed by atoms with Crippen LogP contribution in [-0.4, -0.2) is 34.0 Å². The Morgan fingerprint density at radius 2 is 2.22 bits per heavy atom. The van der Waals surface area contributed by atoms with E-state index in [1.54, 1.807) is 4.90 Å². The number of furan rings is 1. The fourth-order valence-corrected chi connectivity index (χ4v) is 3.19. The van der Waals surface area contributed by atoms with Crippen molar-refractivity contribution < 1.29 is 9.21 Å². The van der Waals surface area contributed by atoms with Crippen LogP contribution in [-0.2, 0) is 4.79 Å². The summed E-state index contributed by atoms with van der Waals surface area (Å²) in [6.45, 7) is 4.67. The number of rotatable bonds is 5. The lowest BCUT2D eigenvalue weighted by Crippen LogP contribution is -2.30. The Bertz CT molecular complexity index is 746. The second kappa shape index (κ2) is 7.00. The minimum atomic E-state index is 0.110. The second-order valence-electron chi connectivity index (χ2n) is 5.40. The number of amidine groups is 1. The average Bonchev–Trinajstić information content (AvgIpc) is 3.14. The molecule has 0 saturated carbocycles. The molecular formula is C17H19N3O2S. The van der Waals surface area contributed by atoms with Gasteiger partial charge in [-0.2, -0.15) is 0 Å². The molecule has 0 aliphatic carbocycles. The topological polar surface area (TPSA) is 58.2 Å². The molecule has 0 unspecified atom stereocenters. The second-order valence-corrected chi connectivity index (χ2v) is 6.35. The number of hydrogen-bond donors (Lipinski definition) is 0. The van der Waals surface area contributed by atoms with Crippen molar-refractivity contribution in [2.45, 2.75) is 26.7 Å². The Hall–Kier alpha value is -2.08. The van der Waals surface area contributed by atoms with Crippen LogP contribution >= 0.6 is 11.8 Å². The SMILES string of the molecule is CCCCN1C(=O)CS/C1=N\N=C(/C)c1cc2ccccc2o1. The quantitative estimate of drug-likeness (QED) is 0.618. The van der Waals surface area contributed by atoms with Crippen LogP contribution in [0.15, 0.2) is 45.0 Å². The van der Waals surface area contributed by atoms with Gasteiger partial charge < -0.3 is 4.42 Å². The zero-order chi connectivity index (χ0) is 16.2. The van der Waals surface area contributed by atoms with Crippen LogP contribution in [0.3, 0.4) is 0 Å². The Labute approximate surface area is 139 Å². The van der Waals surface area contributed by atoms with Crippen molar-refractivity contribution in [3.8, 4) is 0 Å². The number of unbranched alkanes of at least 4 members (excludes halogenated alkanes) is 1. The van der Waals surface area contributed by atoms with Gasteiger partial charge in [0, 0.05) is 11.9 Å². The molecule has 1 saturated heterocycles. The van der Waals surface area contributed by atoms with E-state index in [4.69, 9.17) is 4.42 Å². The fourth-order valence-electron chi connectivity index (χ4n) is 2.34. The molecule has 0 radical (unpaired) electrons. The third-order valence-electron chi connectivity index (χ3n) is 3.66. The van der Waals surface area contributed by atoms with E-state index in [2.05, 4.69) is 17.1 Å². The van der Waals surface area contributed by atoms with Crippen molar-refractivity contribution in [3.63, 3.8) is 0 Å². The molecule has 1 fully saturated rings. The minimum Gasteiger partial charge on any atom is -0.455 e. The summed E-state index contributed by atoms with van der Waals surface area (Å²) < 4.78 is 5.77. The number of amides is 1. The molecule has 6 heteroatoms. The number of hydrogen-bond acceptors (Lipinski definition) is 5. The summed E-state index contributed by atoms with van der Waals surface area (Å²) in [7, 11) is 0. The summed E-state index contributed by atoms with van der Waals surface area (Å²) in [4.78, 5) is 13.6. The maximum absolute atomic E-state index is 11.9. The van der Waals surface area contributed by atoms with Gasteiger partial charge >= 0.3 is 0 Å². The Balaban J connectivity index is 1.81. The Kier molecular flexibility index (Phi) is 4.81. The summed E-state index contributed by atoms with van der Waals surface area (Å²) in [6, 6.07) is 9.79. The van der Waals surface area contributed by atoms with E-state index >= 15 is 0 Å². The van der Waals surface area contributed by atoms with Gasteiger partial charge in [0.25, 0.3) is 0 Å². The van der Waals surface area contributed by atoms with Crippen LogP contribution in [0.4, 0.5) is 0 Å². The predicted molar refractivity (Wildman–Crippen MR) is 94.9 cm³/mol. The van der Waals surface area contributed by atoms with Gasteiger partial charge in [-0.05, 0) is 25.5 Å². The summed E-state index contributed by atoms with van der Waals surface area (Å²) in [5.41, 5.74) is 1.53. The first-order chi connectivity index (χ1) is 11.2. The number of carbonyl (C=O) groups is 1. The summed E-state index contributed by atoms with van der Waals surface area (Å²) in [6.07, 6.45) is 2.01. The van der Waals surface area contributed by atoms with Gasteiger partial charge in [-0.3, -0.25) is 9.69 Å². The summed E-state index contributed by atoms with van der Waals surface area (Å²) in [5, 5.41) is 10.2. The van der Waals surface area contributed by atoms with E-state index in [9.17, 15) is 4.79 Å². The van der Waals surface area contributed by atoms with Crippen molar-refractivity contribution in [1.29, 1.82) is 0 Å². The molecular weight excluding hydrogens is 310 g/mol. The molecule has 0 bridgehead atoms. The minimum absolute atomic E-state index is 0.110. The fraction of sp³-hybridized carbons (Fsp3) is 0.353. The van der Waals surface area contributed by atoms with Crippen LogP contribution in [0.1, 0.15) is 32.4 Å². The molecule has 2 aromatic rings. The third-order valence-corrected chi connectivity index (χ3v) is 4.61. The summed E-state index contributed by atoms with van der Waals surface area (Å²) in [5.74, 6) is 1.26. The molecule has 120 valence electrons. The van der Waals surface area contributed by atoms with Crippen LogP contribution < -0.4 is 0 Å². The number of benzene rings is 1. The van der Waals surface area contributed by atoms with Crippen LogP contribution in [0.5, 0.6) is 0 Å². The maximum atomic E-state index is 11.9. The molecule has 0 N–H and O–H groups in total. The standard InChI is InChI=1S/C17H19N3O2S/c1-3-4-9-20-16(21)11-23-17(20)19-18-12(2)15-10-13-7-5-6-8-14(13)22-15/h5-8,10H,3-4,9,11H2,1-2H3/b18-12+,19-17-. The number of para-hydroxylation sites is 1. The lowest BCUT2D eigenvalue weighted by atomic mass is 10.2. The van der Waals surface area contributed by atoms with Gasteiger partial charge in [0.05, 0.1) is 5.75 Å². The van der Waals surface area contributed by atoms with Crippen molar-refractivity contribution >= 4 is 39.5 Å². The molecule has 1 aromatic heterocycles. The third kappa shape index (κ3) is 3.47. The lowest BCUT2D eigenvalue weighted by molar-refractivity contribution is -0.124. The molecule has 1 aliphatic rings. The van der Waals surface area contributed by atoms with Gasteiger partial charge in [0.1, 0.15) is 11.3 Å². The van der Waals surface area contributed by atoms with E-state index in [1.165, 1.54) is 11.8 Å². The molecule has 1 aromatic carbocycles. The van der Waals surface area contributed by atoms with E-state index in [-0.39, 0.29) is 5.91 Å². The van der Waals surface area contributed by atoms with Crippen molar-refractivity contribution in [1.82, 2.24) is 4.90 Å². The molecule has 2 heterocycles. The summed E-state index contributed by atoms with van der Waals surface area (Å²) >= 11 is 1.44. The molecule has 5 nitrogen and oxygen atoms in total. The monoisotopic (exact) mass is 329 g/mol. The normalized spacial score (nSPS) is 17.7. The number of nitrogens with zero attached hydrogens (tertiary/aromatic N) is 3. The maximum Gasteiger partial charge on any atom is 0.239 e. The highest BCUT2D eigenvalue weighted by Gasteiger charge is 2.27. The van der Waals surface area contributed by atoms with Gasteiger partial charge in [-0.25, -0.2) is 0 Å². The molecule has 23 heavy (non-hydrogen) atoms. The van der Waals surface area contributed by atoms with Gasteiger partial charge in [0.2, 0.25) is 5.91 Å². The zero-order valence-corrected chi connectivity index (χ0v) is 14.1. The highest BCUT2D eigenvalue weighted by molar-refractivity contribution is 8.15. The Morgan fingerprint density at radius 1 is 1.39 bits per heavy atom. The van der Waals surface area contributed by atoms with Crippen molar-refractivity contribution in [2.75, 3.05) is 12.3 Å². The van der Waals surface area contributed by atoms with Gasteiger partial charge in [0.15, 0.2) is 10.9 Å². The molecule has 3 rings (SSSR count). The first-order valence-corrected chi connectivity index (χ1v) is 8.72. The van der Waals surface area contributed by atoms with E-state index in [0.29, 0.717) is 28.9 Å². The number of carbonyl (C=O) groups excluding carboxylic acids is 1. The van der Waals surface area contributed by atoms with E-state index < -0.39 is 0 Å². The molecule has 1 amide bonds. The van der Waals surface area contributed by atoms with E-state index in [0.717, 1.165) is 23.8 Å². The van der Waals surface area contributed by atoms with Gasteiger partial charge in [-0.15, -0.1) is 10.2 Å². The lowest BCUT2D eigenvalue weighted by Gasteiger charge is -2.13. The Morgan fingerprint density at radius 3 is 3.00 bits per heavy atom. The highest BCUT2D eigenvalue weighted by Crippen LogP contribution is 2.22.